The van der Waals surface area contributed by atoms with Gasteiger partial charge in [-0.1, -0.05) is 0 Å². The first kappa shape index (κ1) is 11.2. The van der Waals surface area contributed by atoms with Crippen LogP contribution in [0.15, 0.2) is 6.20 Å². The highest BCUT2D eigenvalue weighted by molar-refractivity contribution is 5.14. The van der Waals surface area contributed by atoms with Gasteiger partial charge in [-0.3, -0.25) is 4.68 Å². The molecular formula is C10H19N3O. The highest BCUT2D eigenvalue weighted by atomic mass is 16.5. The van der Waals surface area contributed by atoms with Crippen LogP contribution in [0.3, 0.4) is 0 Å². The average molecular weight is 197 g/mol. The van der Waals surface area contributed by atoms with Crippen LogP contribution in [0.25, 0.3) is 0 Å². The van der Waals surface area contributed by atoms with Crippen molar-refractivity contribution in [1.29, 1.82) is 0 Å². The Hall–Kier alpha value is -0.870. The molecule has 0 aliphatic heterocycles. The minimum Gasteiger partial charge on any atom is -0.383 e. The van der Waals surface area contributed by atoms with Crippen molar-refractivity contribution in [2.24, 2.45) is 7.05 Å². The van der Waals surface area contributed by atoms with Crippen LogP contribution >= 0.6 is 0 Å². The minimum absolute atomic E-state index is 0.375. The molecule has 4 heteroatoms. The van der Waals surface area contributed by atoms with Crippen LogP contribution in [-0.4, -0.2) is 29.5 Å². The molecule has 0 saturated carbocycles. The number of methoxy groups -OCH3 is 1. The summed E-state index contributed by atoms with van der Waals surface area (Å²) in [5.41, 5.74) is 2.33. The lowest BCUT2D eigenvalue weighted by molar-refractivity contribution is 0.171. The van der Waals surface area contributed by atoms with Gasteiger partial charge in [-0.2, -0.15) is 5.10 Å². The Balaban J connectivity index is 2.41. The van der Waals surface area contributed by atoms with Gasteiger partial charge in [-0.15, -0.1) is 0 Å². The first-order valence-electron chi connectivity index (χ1n) is 4.85. The molecule has 1 N–H and O–H groups in total. The van der Waals surface area contributed by atoms with Gasteiger partial charge < -0.3 is 10.1 Å². The van der Waals surface area contributed by atoms with Crippen molar-refractivity contribution < 1.29 is 4.74 Å². The molecule has 1 aromatic heterocycles. The number of ether oxygens (including phenoxy) is 1. The zero-order valence-corrected chi connectivity index (χ0v) is 9.37. The third kappa shape index (κ3) is 3.12. The van der Waals surface area contributed by atoms with Crippen LogP contribution in [0.4, 0.5) is 0 Å². The smallest absolute Gasteiger partial charge is 0.0638 e. The van der Waals surface area contributed by atoms with Crippen molar-refractivity contribution >= 4 is 0 Å². The number of aryl methyl sites for hydroxylation is 2. The number of nitrogens with zero attached hydrogens (tertiary/aromatic N) is 2. The maximum Gasteiger partial charge on any atom is 0.0638 e. The van der Waals surface area contributed by atoms with Crippen molar-refractivity contribution in [2.75, 3.05) is 13.7 Å². The molecule has 0 spiro atoms. The van der Waals surface area contributed by atoms with Gasteiger partial charge in [0.1, 0.15) is 0 Å². The van der Waals surface area contributed by atoms with Crippen LogP contribution in [0.2, 0.25) is 0 Å². The Labute approximate surface area is 85.3 Å². The summed E-state index contributed by atoms with van der Waals surface area (Å²) in [5.74, 6) is 0. The Morgan fingerprint density at radius 1 is 1.64 bits per heavy atom. The summed E-state index contributed by atoms with van der Waals surface area (Å²) in [7, 11) is 3.66. The van der Waals surface area contributed by atoms with Gasteiger partial charge in [0, 0.05) is 38.5 Å². The molecule has 0 aromatic carbocycles. The predicted octanol–water partition coefficient (Wildman–Crippen LogP) is 0.853. The molecule has 80 valence electrons. The van der Waals surface area contributed by atoms with Crippen molar-refractivity contribution in [3.8, 4) is 0 Å². The highest BCUT2D eigenvalue weighted by Crippen LogP contribution is 2.04. The number of nitrogens with one attached hydrogen (secondary N) is 1. The molecule has 1 heterocycles. The molecule has 14 heavy (non-hydrogen) atoms. The van der Waals surface area contributed by atoms with Crippen LogP contribution < -0.4 is 5.32 Å². The van der Waals surface area contributed by atoms with Crippen molar-refractivity contribution in [3.05, 3.63) is 17.5 Å². The van der Waals surface area contributed by atoms with E-state index in [1.807, 2.05) is 24.9 Å². The maximum absolute atomic E-state index is 5.04. The quantitative estimate of drug-likeness (QED) is 0.760. The molecule has 1 aromatic rings. The molecule has 0 radical (unpaired) electrons. The third-order valence-electron chi connectivity index (χ3n) is 2.17. The van der Waals surface area contributed by atoms with Crippen molar-refractivity contribution in [2.45, 2.75) is 26.4 Å². The summed E-state index contributed by atoms with van der Waals surface area (Å²) in [6.07, 6.45) is 2.04. The first-order valence-corrected chi connectivity index (χ1v) is 4.85. The average Bonchev–Trinajstić information content (AvgIpc) is 2.42. The zero-order valence-electron chi connectivity index (χ0n) is 9.37. The lowest BCUT2D eigenvalue weighted by Gasteiger charge is -2.11. The SMILES string of the molecule is COCC(C)NCc1cn(C)nc1C. The summed E-state index contributed by atoms with van der Waals surface area (Å²) >= 11 is 0. The standard InChI is InChI=1S/C10H19N3O/c1-8(7-14-4)11-5-10-6-13(3)12-9(10)2/h6,8,11H,5,7H2,1-4H3. The van der Waals surface area contributed by atoms with E-state index in [-0.39, 0.29) is 0 Å². The zero-order chi connectivity index (χ0) is 10.6. The summed E-state index contributed by atoms with van der Waals surface area (Å²) in [5, 5.41) is 7.66. The molecule has 0 aliphatic carbocycles. The number of aromatic nitrogens is 2. The molecule has 1 atom stereocenters. The van der Waals surface area contributed by atoms with Crippen LogP contribution in [0.5, 0.6) is 0 Å². The van der Waals surface area contributed by atoms with E-state index in [0.29, 0.717) is 6.04 Å². The number of hydrogen-bond acceptors (Lipinski definition) is 3. The predicted molar refractivity (Wildman–Crippen MR) is 56.1 cm³/mol. The third-order valence-corrected chi connectivity index (χ3v) is 2.17. The lowest BCUT2D eigenvalue weighted by Crippen LogP contribution is -2.29. The Morgan fingerprint density at radius 2 is 2.36 bits per heavy atom. The maximum atomic E-state index is 5.04. The molecule has 0 amide bonds. The van der Waals surface area contributed by atoms with E-state index in [1.54, 1.807) is 7.11 Å². The molecule has 0 fully saturated rings. The summed E-state index contributed by atoms with van der Waals surface area (Å²) < 4.78 is 6.88. The van der Waals surface area contributed by atoms with Gasteiger partial charge in [0.15, 0.2) is 0 Å². The van der Waals surface area contributed by atoms with Crippen LogP contribution in [0, 0.1) is 6.92 Å². The van der Waals surface area contributed by atoms with E-state index in [4.69, 9.17) is 4.74 Å². The fourth-order valence-electron chi connectivity index (χ4n) is 1.42. The lowest BCUT2D eigenvalue weighted by atomic mass is 10.2. The Kier molecular flexibility index (Phi) is 4.10. The van der Waals surface area contributed by atoms with E-state index < -0.39 is 0 Å². The Bertz CT molecular complexity index is 283. The molecule has 4 nitrogen and oxygen atoms in total. The molecule has 1 rings (SSSR count). The topological polar surface area (TPSA) is 39.1 Å². The molecule has 0 saturated heterocycles. The van der Waals surface area contributed by atoms with E-state index in [2.05, 4.69) is 17.3 Å². The van der Waals surface area contributed by atoms with Crippen molar-refractivity contribution in [1.82, 2.24) is 15.1 Å². The van der Waals surface area contributed by atoms with Crippen LogP contribution in [0.1, 0.15) is 18.2 Å². The van der Waals surface area contributed by atoms with Gasteiger partial charge in [0.2, 0.25) is 0 Å². The van der Waals surface area contributed by atoms with E-state index in [1.165, 1.54) is 5.56 Å². The fourth-order valence-corrected chi connectivity index (χ4v) is 1.42. The largest absolute Gasteiger partial charge is 0.383 e. The normalized spacial score (nSPS) is 13.1. The molecular weight excluding hydrogens is 178 g/mol. The summed E-state index contributed by atoms with van der Waals surface area (Å²) in [4.78, 5) is 0. The summed E-state index contributed by atoms with van der Waals surface area (Å²) in [6.45, 7) is 5.72. The van der Waals surface area contributed by atoms with Gasteiger partial charge >= 0.3 is 0 Å². The van der Waals surface area contributed by atoms with E-state index >= 15 is 0 Å². The van der Waals surface area contributed by atoms with Gasteiger partial charge in [-0.05, 0) is 13.8 Å². The second-order valence-electron chi connectivity index (χ2n) is 3.65. The van der Waals surface area contributed by atoms with Gasteiger partial charge in [0.25, 0.3) is 0 Å². The highest BCUT2D eigenvalue weighted by Gasteiger charge is 2.05. The van der Waals surface area contributed by atoms with Crippen molar-refractivity contribution in [3.63, 3.8) is 0 Å². The monoisotopic (exact) mass is 197 g/mol. The van der Waals surface area contributed by atoms with Crippen LogP contribution in [-0.2, 0) is 18.3 Å². The van der Waals surface area contributed by atoms with E-state index in [9.17, 15) is 0 Å². The second kappa shape index (κ2) is 5.12. The number of rotatable bonds is 5. The van der Waals surface area contributed by atoms with Gasteiger partial charge in [-0.25, -0.2) is 0 Å². The first-order chi connectivity index (χ1) is 6.63. The molecule has 0 aliphatic rings. The fraction of sp³-hybridized carbons (Fsp3) is 0.700. The van der Waals surface area contributed by atoms with E-state index in [0.717, 1.165) is 18.8 Å². The van der Waals surface area contributed by atoms with Gasteiger partial charge in [0.05, 0.1) is 12.3 Å². The number of hydrogen-bond donors (Lipinski definition) is 1. The minimum atomic E-state index is 0.375. The second-order valence-corrected chi connectivity index (χ2v) is 3.65. The molecule has 0 bridgehead atoms. The molecule has 1 unspecified atom stereocenters. The summed E-state index contributed by atoms with van der Waals surface area (Å²) in [6, 6.07) is 0.375. The Morgan fingerprint density at radius 3 is 2.86 bits per heavy atom.